The summed E-state index contributed by atoms with van der Waals surface area (Å²) in [7, 11) is 1.82. The van der Waals surface area contributed by atoms with Crippen LogP contribution in [0.25, 0.3) is 11.0 Å². The Morgan fingerprint density at radius 2 is 2.18 bits per heavy atom. The third-order valence-electron chi connectivity index (χ3n) is 2.87. The van der Waals surface area contributed by atoms with Gasteiger partial charge in [0, 0.05) is 5.39 Å². The van der Waals surface area contributed by atoms with Crippen molar-refractivity contribution in [2.75, 3.05) is 13.6 Å². The Kier molecular flexibility index (Phi) is 3.17. The van der Waals surface area contributed by atoms with Crippen LogP contribution in [0.4, 0.5) is 4.39 Å². The third kappa shape index (κ3) is 2.48. The van der Waals surface area contributed by atoms with E-state index in [9.17, 15) is 9.50 Å². The minimum atomic E-state index is -1.04. The lowest BCUT2D eigenvalue weighted by atomic mass is 9.99. The van der Waals surface area contributed by atoms with Crippen LogP contribution in [0.2, 0.25) is 0 Å². The molecular weight excluding hydrogens is 221 g/mol. The molecule has 92 valence electrons. The van der Waals surface area contributed by atoms with E-state index >= 15 is 0 Å². The summed E-state index contributed by atoms with van der Waals surface area (Å²) in [5.74, 6) is 0.160. The van der Waals surface area contributed by atoms with Crippen LogP contribution in [0.3, 0.4) is 0 Å². The fourth-order valence-corrected chi connectivity index (χ4v) is 1.77. The van der Waals surface area contributed by atoms with Crippen molar-refractivity contribution in [1.29, 1.82) is 0 Å². The predicted octanol–water partition coefficient (Wildman–Crippen LogP) is 2.39. The van der Waals surface area contributed by atoms with Crippen molar-refractivity contribution in [2.45, 2.75) is 18.9 Å². The Bertz CT molecular complexity index is 519. The van der Waals surface area contributed by atoms with Gasteiger partial charge in [0.1, 0.15) is 22.8 Å². The van der Waals surface area contributed by atoms with Gasteiger partial charge in [-0.2, -0.15) is 0 Å². The van der Waals surface area contributed by atoms with Gasteiger partial charge in [-0.05, 0) is 51.2 Å². The number of aliphatic hydroxyl groups is 1. The molecule has 17 heavy (non-hydrogen) atoms. The molecule has 0 aliphatic heterocycles. The Hall–Kier alpha value is -1.39. The van der Waals surface area contributed by atoms with Gasteiger partial charge in [0.15, 0.2) is 0 Å². The van der Waals surface area contributed by atoms with Crippen molar-refractivity contribution in [3.63, 3.8) is 0 Å². The summed E-state index contributed by atoms with van der Waals surface area (Å²) in [5, 5.41) is 13.9. The Labute approximate surface area is 99.2 Å². The molecule has 0 aliphatic rings. The average Bonchev–Trinajstić information content (AvgIpc) is 2.70. The summed E-state index contributed by atoms with van der Waals surface area (Å²) >= 11 is 0. The smallest absolute Gasteiger partial charge is 0.136 e. The van der Waals surface area contributed by atoms with Crippen molar-refractivity contribution >= 4 is 11.0 Å². The minimum Gasteiger partial charge on any atom is -0.458 e. The average molecular weight is 237 g/mol. The van der Waals surface area contributed by atoms with Crippen LogP contribution in [0.15, 0.2) is 28.7 Å². The molecule has 0 bridgehead atoms. The van der Waals surface area contributed by atoms with Crippen LogP contribution in [0.1, 0.15) is 19.1 Å². The molecule has 0 saturated heterocycles. The van der Waals surface area contributed by atoms with Crippen molar-refractivity contribution in [2.24, 2.45) is 0 Å². The van der Waals surface area contributed by atoms with Gasteiger partial charge >= 0.3 is 0 Å². The highest BCUT2D eigenvalue weighted by molar-refractivity contribution is 5.78. The van der Waals surface area contributed by atoms with Crippen molar-refractivity contribution < 1.29 is 13.9 Å². The Morgan fingerprint density at radius 1 is 1.41 bits per heavy atom. The van der Waals surface area contributed by atoms with Gasteiger partial charge in [-0.3, -0.25) is 0 Å². The van der Waals surface area contributed by atoms with Gasteiger partial charge in [0.2, 0.25) is 0 Å². The van der Waals surface area contributed by atoms with E-state index in [0.29, 0.717) is 29.7 Å². The maximum atomic E-state index is 13.0. The van der Waals surface area contributed by atoms with Gasteiger partial charge < -0.3 is 14.8 Å². The number of hydrogen-bond acceptors (Lipinski definition) is 3. The molecule has 4 heteroatoms. The number of benzene rings is 1. The van der Waals surface area contributed by atoms with E-state index < -0.39 is 5.60 Å². The fourth-order valence-electron chi connectivity index (χ4n) is 1.77. The largest absolute Gasteiger partial charge is 0.458 e. The zero-order valence-corrected chi connectivity index (χ0v) is 9.96. The molecule has 0 spiro atoms. The molecule has 0 amide bonds. The molecule has 0 radical (unpaired) electrons. The van der Waals surface area contributed by atoms with Gasteiger partial charge in [-0.15, -0.1) is 0 Å². The van der Waals surface area contributed by atoms with Crippen molar-refractivity contribution in [1.82, 2.24) is 5.32 Å². The van der Waals surface area contributed by atoms with Crippen LogP contribution in [-0.4, -0.2) is 18.7 Å². The van der Waals surface area contributed by atoms with Gasteiger partial charge in [0.05, 0.1) is 0 Å². The number of halogens is 1. The summed E-state index contributed by atoms with van der Waals surface area (Å²) in [6.45, 7) is 2.37. The number of nitrogens with one attached hydrogen (secondary N) is 1. The van der Waals surface area contributed by atoms with E-state index in [1.165, 1.54) is 12.1 Å². The molecular formula is C13H16FNO2. The number of furan rings is 1. The maximum Gasteiger partial charge on any atom is 0.136 e. The van der Waals surface area contributed by atoms with Crippen LogP contribution < -0.4 is 5.32 Å². The first-order valence-corrected chi connectivity index (χ1v) is 5.59. The lowest BCUT2D eigenvalue weighted by molar-refractivity contribution is 0.0276. The SMILES string of the molecule is CNCCC(C)(O)c1cc2cc(F)ccc2o1. The highest BCUT2D eigenvalue weighted by Crippen LogP contribution is 2.30. The lowest BCUT2D eigenvalue weighted by Crippen LogP contribution is -2.25. The topological polar surface area (TPSA) is 45.4 Å². The third-order valence-corrected chi connectivity index (χ3v) is 2.87. The monoisotopic (exact) mass is 237 g/mol. The summed E-state index contributed by atoms with van der Waals surface area (Å²) in [5.41, 5.74) is -0.454. The predicted molar refractivity (Wildman–Crippen MR) is 64.3 cm³/mol. The standard InChI is InChI=1S/C13H16FNO2/c1-13(16,5-6-15-2)12-8-9-7-10(14)3-4-11(9)17-12/h3-4,7-8,15-16H,5-6H2,1-2H3. The zero-order chi connectivity index (χ0) is 12.5. The van der Waals surface area contributed by atoms with E-state index in [1.54, 1.807) is 19.1 Å². The van der Waals surface area contributed by atoms with E-state index in [1.807, 2.05) is 7.05 Å². The molecule has 1 aromatic carbocycles. The molecule has 1 aromatic heterocycles. The first-order chi connectivity index (χ1) is 8.03. The number of fused-ring (bicyclic) bond motifs is 1. The highest BCUT2D eigenvalue weighted by atomic mass is 19.1. The molecule has 0 aliphatic carbocycles. The Morgan fingerprint density at radius 3 is 2.88 bits per heavy atom. The van der Waals surface area contributed by atoms with Crippen molar-refractivity contribution in [3.8, 4) is 0 Å². The quantitative estimate of drug-likeness (QED) is 0.858. The number of rotatable bonds is 4. The van der Waals surface area contributed by atoms with Crippen LogP contribution in [0, 0.1) is 5.82 Å². The lowest BCUT2D eigenvalue weighted by Gasteiger charge is -2.20. The van der Waals surface area contributed by atoms with E-state index in [0.717, 1.165) is 0 Å². The second-order valence-electron chi connectivity index (χ2n) is 4.42. The summed E-state index contributed by atoms with van der Waals surface area (Å²) in [6, 6.07) is 6.00. The summed E-state index contributed by atoms with van der Waals surface area (Å²) in [4.78, 5) is 0. The molecule has 2 N–H and O–H groups in total. The first kappa shape index (κ1) is 12.1. The molecule has 3 nitrogen and oxygen atoms in total. The molecule has 1 unspecified atom stereocenters. The Balaban J connectivity index is 2.35. The highest BCUT2D eigenvalue weighted by Gasteiger charge is 2.26. The van der Waals surface area contributed by atoms with E-state index in [-0.39, 0.29) is 5.82 Å². The molecule has 2 aromatic rings. The summed E-state index contributed by atoms with van der Waals surface area (Å²) < 4.78 is 18.6. The second-order valence-corrected chi connectivity index (χ2v) is 4.42. The van der Waals surface area contributed by atoms with Gasteiger partial charge in [0.25, 0.3) is 0 Å². The molecule has 0 fully saturated rings. The maximum absolute atomic E-state index is 13.0. The van der Waals surface area contributed by atoms with E-state index in [4.69, 9.17) is 4.42 Å². The van der Waals surface area contributed by atoms with Crippen LogP contribution >= 0.6 is 0 Å². The van der Waals surface area contributed by atoms with Gasteiger partial charge in [-0.25, -0.2) is 4.39 Å². The summed E-state index contributed by atoms with van der Waals surface area (Å²) in [6.07, 6.45) is 0.534. The number of hydrogen-bond donors (Lipinski definition) is 2. The van der Waals surface area contributed by atoms with Crippen LogP contribution in [-0.2, 0) is 5.60 Å². The van der Waals surface area contributed by atoms with E-state index in [2.05, 4.69) is 5.32 Å². The van der Waals surface area contributed by atoms with Gasteiger partial charge in [-0.1, -0.05) is 0 Å². The van der Waals surface area contributed by atoms with Crippen molar-refractivity contribution in [3.05, 3.63) is 35.8 Å². The molecule has 0 saturated carbocycles. The second kappa shape index (κ2) is 4.47. The molecule has 2 rings (SSSR count). The van der Waals surface area contributed by atoms with Crippen LogP contribution in [0.5, 0.6) is 0 Å². The first-order valence-electron chi connectivity index (χ1n) is 5.59. The molecule has 1 heterocycles. The minimum absolute atomic E-state index is 0.306. The molecule has 1 atom stereocenters. The fraction of sp³-hybridized carbons (Fsp3) is 0.385. The normalized spacial score (nSPS) is 15.1. The zero-order valence-electron chi connectivity index (χ0n) is 9.96.